The van der Waals surface area contributed by atoms with Crippen LogP contribution in [0.4, 0.5) is 24.5 Å². The van der Waals surface area contributed by atoms with Crippen LogP contribution in [0.25, 0.3) is 0 Å². The summed E-state index contributed by atoms with van der Waals surface area (Å²) in [5, 5.41) is 17.0. The third kappa shape index (κ3) is 3.12. The van der Waals surface area contributed by atoms with E-state index in [2.05, 4.69) is 10.4 Å². The molecular weight excluding hydrogens is 289 g/mol. The summed E-state index contributed by atoms with van der Waals surface area (Å²) in [6, 6.07) is 5.24. The van der Waals surface area contributed by atoms with Crippen molar-refractivity contribution in [3.63, 3.8) is 0 Å². The summed E-state index contributed by atoms with van der Waals surface area (Å²) in [6.07, 6.45) is -3.33. The molecule has 1 heterocycles. The first kappa shape index (κ1) is 14.8. The number of aromatic nitrogens is 2. The van der Waals surface area contributed by atoms with Crippen molar-refractivity contribution < 1.29 is 18.1 Å². The number of nitro groups is 1. The van der Waals surface area contributed by atoms with Crippen LogP contribution < -0.4 is 5.32 Å². The molecule has 0 spiro atoms. The van der Waals surface area contributed by atoms with Crippen molar-refractivity contribution in [2.45, 2.75) is 12.7 Å². The number of nitro benzene ring substituents is 1. The predicted octanol–water partition coefficient (Wildman–Crippen LogP) is 2.90. The van der Waals surface area contributed by atoms with Crippen molar-refractivity contribution in [1.82, 2.24) is 9.78 Å². The van der Waals surface area contributed by atoms with Crippen LogP contribution >= 0.6 is 0 Å². The molecule has 0 saturated carbocycles. The summed E-state index contributed by atoms with van der Waals surface area (Å²) >= 11 is 0. The summed E-state index contributed by atoms with van der Waals surface area (Å²) < 4.78 is 38.5. The van der Waals surface area contributed by atoms with Crippen LogP contribution in [0.1, 0.15) is 11.3 Å². The van der Waals surface area contributed by atoms with E-state index in [1.165, 1.54) is 25.4 Å². The zero-order chi connectivity index (χ0) is 15.6. The van der Waals surface area contributed by atoms with Crippen LogP contribution in [-0.2, 0) is 12.7 Å². The van der Waals surface area contributed by atoms with Gasteiger partial charge in [0.25, 0.3) is 5.69 Å². The Morgan fingerprint density at radius 1 is 1.38 bits per heavy atom. The molecule has 6 nitrogen and oxygen atoms in total. The van der Waals surface area contributed by atoms with Gasteiger partial charge < -0.3 is 5.32 Å². The standard InChI is InChI=1S/C12H11F3N4O2/c1-16-11-8(3-2-4-9(11)19(20)21)7-18-6-5-10(17-18)12(13,14)15/h2-6,16H,7H2,1H3. The summed E-state index contributed by atoms with van der Waals surface area (Å²) in [6.45, 7) is -0.00602. The van der Waals surface area contributed by atoms with Crippen molar-refractivity contribution in [2.75, 3.05) is 12.4 Å². The highest BCUT2D eigenvalue weighted by molar-refractivity contribution is 5.66. The molecule has 0 amide bonds. The zero-order valence-electron chi connectivity index (χ0n) is 10.9. The molecule has 0 bridgehead atoms. The Morgan fingerprint density at radius 2 is 2.10 bits per heavy atom. The van der Waals surface area contributed by atoms with Crippen LogP contribution in [0.15, 0.2) is 30.5 Å². The first-order valence-electron chi connectivity index (χ1n) is 5.87. The summed E-state index contributed by atoms with van der Waals surface area (Å²) in [4.78, 5) is 10.4. The van der Waals surface area contributed by atoms with Crippen LogP contribution in [0.2, 0.25) is 0 Å². The lowest BCUT2D eigenvalue weighted by atomic mass is 10.1. The number of nitrogens with one attached hydrogen (secondary N) is 1. The number of rotatable bonds is 4. The molecule has 0 saturated heterocycles. The number of hydrogen-bond acceptors (Lipinski definition) is 4. The highest BCUT2D eigenvalue weighted by atomic mass is 19.4. The van der Waals surface area contributed by atoms with Crippen LogP contribution in [0.3, 0.4) is 0 Å². The Morgan fingerprint density at radius 3 is 2.62 bits per heavy atom. The number of hydrogen-bond donors (Lipinski definition) is 1. The van der Waals surface area contributed by atoms with Gasteiger partial charge in [-0.25, -0.2) is 0 Å². The molecule has 2 rings (SSSR count). The van der Waals surface area contributed by atoms with Gasteiger partial charge in [0.2, 0.25) is 0 Å². The molecule has 1 aromatic carbocycles. The number of nitrogens with zero attached hydrogens (tertiary/aromatic N) is 3. The molecule has 21 heavy (non-hydrogen) atoms. The molecule has 0 aliphatic carbocycles. The molecule has 0 unspecified atom stereocenters. The highest BCUT2D eigenvalue weighted by Gasteiger charge is 2.33. The lowest BCUT2D eigenvalue weighted by molar-refractivity contribution is -0.384. The van der Waals surface area contributed by atoms with E-state index in [-0.39, 0.29) is 17.9 Å². The van der Waals surface area contributed by atoms with Gasteiger partial charge in [0.1, 0.15) is 5.69 Å². The third-order valence-electron chi connectivity index (χ3n) is 2.84. The molecule has 1 N–H and O–H groups in total. The minimum atomic E-state index is -4.51. The van der Waals surface area contributed by atoms with Gasteiger partial charge in [0.05, 0.1) is 11.5 Å². The molecule has 0 aliphatic rings. The van der Waals surface area contributed by atoms with Gasteiger partial charge in [-0.3, -0.25) is 14.8 Å². The van der Waals surface area contributed by atoms with Crippen molar-refractivity contribution >= 4 is 11.4 Å². The Hall–Kier alpha value is -2.58. The number of halogens is 3. The van der Waals surface area contributed by atoms with E-state index in [9.17, 15) is 23.3 Å². The zero-order valence-corrected chi connectivity index (χ0v) is 10.9. The second kappa shape index (κ2) is 5.43. The van der Waals surface area contributed by atoms with Crippen molar-refractivity contribution in [3.8, 4) is 0 Å². The van der Waals surface area contributed by atoms with Gasteiger partial charge in [-0.05, 0) is 6.07 Å². The molecule has 1 aromatic heterocycles. The number of alkyl halides is 3. The van der Waals surface area contributed by atoms with Gasteiger partial charge in [-0.15, -0.1) is 0 Å². The maximum absolute atomic E-state index is 12.5. The molecule has 9 heteroatoms. The van der Waals surface area contributed by atoms with E-state index in [4.69, 9.17) is 0 Å². The fourth-order valence-corrected chi connectivity index (χ4v) is 1.93. The fraction of sp³-hybridized carbons (Fsp3) is 0.250. The Balaban J connectivity index is 2.34. The third-order valence-corrected chi connectivity index (χ3v) is 2.84. The first-order chi connectivity index (χ1) is 9.82. The van der Waals surface area contributed by atoms with Crippen LogP contribution in [0, 0.1) is 10.1 Å². The SMILES string of the molecule is CNc1c(Cn2ccc(C(F)(F)F)n2)cccc1[N+](=O)[O-]. The number of benzene rings is 1. The predicted molar refractivity (Wildman–Crippen MR) is 69.0 cm³/mol. The van der Waals surface area contributed by atoms with Gasteiger partial charge >= 0.3 is 6.18 Å². The number of anilines is 1. The second-order valence-electron chi connectivity index (χ2n) is 4.21. The topological polar surface area (TPSA) is 73.0 Å². The molecular formula is C12H11F3N4O2. The molecule has 0 aliphatic heterocycles. The molecule has 0 radical (unpaired) electrons. The van der Waals surface area contributed by atoms with Gasteiger partial charge in [0.15, 0.2) is 5.69 Å². The maximum atomic E-state index is 12.5. The average molecular weight is 300 g/mol. The van der Waals surface area contributed by atoms with Crippen molar-refractivity contribution in [1.29, 1.82) is 0 Å². The van der Waals surface area contributed by atoms with Crippen molar-refractivity contribution in [2.24, 2.45) is 0 Å². The Labute approximate surface area is 117 Å². The summed E-state index contributed by atoms with van der Waals surface area (Å²) in [5.41, 5.74) is -0.410. The number of para-hydroxylation sites is 1. The Kier molecular flexibility index (Phi) is 3.83. The quantitative estimate of drug-likeness (QED) is 0.696. The van der Waals surface area contributed by atoms with Crippen LogP contribution in [-0.4, -0.2) is 21.8 Å². The monoisotopic (exact) mass is 300 g/mol. The normalized spacial score (nSPS) is 11.4. The molecule has 0 atom stereocenters. The van der Waals surface area contributed by atoms with Gasteiger partial charge in [-0.2, -0.15) is 18.3 Å². The smallest absolute Gasteiger partial charge is 0.382 e. The molecule has 2 aromatic rings. The largest absolute Gasteiger partial charge is 0.435 e. The first-order valence-corrected chi connectivity index (χ1v) is 5.87. The average Bonchev–Trinajstić information content (AvgIpc) is 2.87. The van der Waals surface area contributed by atoms with E-state index in [0.29, 0.717) is 5.56 Å². The second-order valence-corrected chi connectivity index (χ2v) is 4.21. The fourth-order valence-electron chi connectivity index (χ4n) is 1.93. The van der Waals surface area contributed by atoms with E-state index in [0.717, 1.165) is 10.7 Å². The highest BCUT2D eigenvalue weighted by Crippen LogP contribution is 2.30. The van der Waals surface area contributed by atoms with Gasteiger partial charge in [0, 0.05) is 24.9 Å². The van der Waals surface area contributed by atoms with Gasteiger partial charge in [-0.1, -0.05) is 12.1 Å². The summed E-state index contributed by atoms with van der Waals surface area (Å²) in [7, 11) is 1.51. The Bertz CT molecular complexity index is 667. The summed E-state index contributed by atoms with van der Waals surface area (Å²) in [5.74, 6) is 0. The lowest BCUT2D eigenvalue weighted by Gasteiger charge is -2.09. The lowest BCUT2D eigenvalue weighted by Crippen LogP contribution is -2.09. The van der Waals surface area contributed by atoms with E-state index >= 15 is 0 Å². The molecule has 0 fully saturated rings. The van der Waals surface area contributed by atoms with E-state index < -0.39 is 16.8 Å². The van der Waals surface area contributed by atoms with E-state index in [1.807, 2.05) is 0 Å². The van der Waals surface area contributed by atoms with Crippen molar-refractivity contribution in [3.05, 3.63) is 51.8 Å². The van der Waals surface area contributed by atoms with E-state index in [1.54, 1.807) is 6.07 Å². The van der Waals surface area contributed by atoms with Crippen LogP contribution in [0.5, 0.6) is 0 Å². The maximum Gasteiger partial charge on any atom is 0.435 e. The minimum absolute atomic E-state index is 0.00602. The molecule has 112 valence electrons. The minimum Gasteiger partial charge on any atom is -0.382 e.